The predicted octanol–water partition coefficient (Wildman–Crippen LogP) is 2.30. The molecule has 3 N–H and O–H groups in total. The largest absolute Gasteiger partial charge is 0.393 e. The van der Waals surface area contributed by atoms with E-state index in [-0.39, 0.29) is 6.10 Å². The van der Waals surface area contributed by atoms with E-state index in [0.29, 0.717) is 10.8 Å². The number of aliphatic hydroxyl groups is 1. The quantitative estimate of drug-likeness (QED) is 0.717. The number of aliphatic hydroxyl groups excluding tert-OH is 1. The van der Waals surface area contributed by atoms with Gasteiger partial charge in [-0.25, -0.2) is 0 Å². The average Bonchev–Trinajstić information content (AvgIpc) is 2.07. The summed E-state index contributed by atoms with van der Waals surface area (Å²) in [7, 11) is 0. The summed E-state index contributed by atoms with van der Waals surface area (Å²) in [5.41, 5.74) is 6.56. The molecular formula is C12H25NO. The summed E-state index contributed by atoms with van der Waals surface area (Å²) in [4.78, 5) is 0. The molecule has 0 unspecified atom stereocenters. The maximum atomic E-state index is 9.49. The van der Waals surface area contributed by atoms with Crippen LogP contribution >= 0.6 is 0 Å². The molecule has 0 aliphatic heterocycles. The number of nitrogens with two attached hydrogens (primary N) is 1. The minimum Gasteiger partial charge on any atom is -0.393 e. The smallest absolute Gasteiger partial charge is 0.0540 e. The molecule has 0 bridgehead atoms. The van der Waals surface area contributed by atoms with Gasteiger partial charge in [0.25, 0.3) is 0 Å². The van der Waals surface area contributed by atoms with Gasteiger partial charge >= 0.3 is 0 Å². The minimum atomic E-state index is -0.0744. The zero-order valence-corrected chi connectivity index (χ0v) is 9.84. The molecule has 14 heavy (non-hydrogen) atoms. The highest BCUT2D eigenvalue weighted by Gasteiger charge is 2.36. The number of hydrogen-bond donors (Lipinski definition) is 2. The van der Waals surface area contributed by atoms with Crippen LogP contribution in [-0.4, -0.2) is 17.8 Å². The molecule has 1 saturated carbocycles. The molecule has 0 saturated heterocycles. The van der Waals surface area contributed by atoms with Gasteiger partial charge in [0.1, 0.15) is 0 Å². The van der Waals surface area contributed by atoms with Crippen LogP contribution in [-0.2, 0) is 0 Å². The second-order valence-corrected chi connectivity index (χ2v) is 6.17. The molecule has 2 heteroatoms. The molecule has 84 valence electrons. The Morgan fingerprint density at radius 3 is 2.14 bits per heavy atom. The van der Waals surface area contributed by atoms with Crippen LogP contribution < -0.4 is 5.73 Å². The van der Waals surface area contributed by atoms with E-state index in [2.05, 4.69) is 20.8 Å². The van der Waals surface area contributed by atoms with E-state index in [4.69, 9.17) is 5.73 Å². The van der Waals surface area contributed by atoms with Gasteiger partial charge in [0.2, 0.25) is 0 Å². The molecule has 1 rings (SSSR count). The molecule has 0 heterocycles. The fourth-order valence-corrected chi connectivity index (χ4v) is 2.79. The van der Waals surface area contributed by atoms with Gasteiger partial charge in [-0.3, -0.25) is 0 Å². The summed E-state index contributed by atoms with van der Waals surface area (Å²) in [5.74, 6) is 0. The summed E-state index contributed by atoms with van der Waals surface area (Å²) in [5, 5.41) is 9.49. The van der Waals surface area contributed by atoms with Crippen molar-refractivity contribution in [3.05, 3.63) is 0 Å². The Bertz CT molecular complexity index is 175. The lowest BCUT2D eigenvalue weighted by Crippen LogP contribution is -2.39. The minimum absolute atomic E-state index is 0.0744. The van der Waals surface area contributed by atoms with E-state index in [1.807, 2.05) is 0 Å². The van der Waals surface area contributed by atoms with Crippen LogP contribution in [0.4, 0.5) is 0 Å². The Balaban J connectivity index is 2.59. The van der Waals surface area contributed by atoms with Crippen LogP contribution in [0.15, 0.2) is 0 Å². The van der Waals surface area contributed by atoms with Gasteiger partial charge < -0.3 is 10.8 Å². The van der Waals surface area contributed by atoms with Gasteiger partial charge in [0.05, 0.1) is 6.10 Å². The first-order chi connectivity index (χ1) is 6.37. The zero-order valence-electron chi connectivity index (χ0n) is 9.84. The van der Waals surface area contributed by atoms with Crippen molar-refractivity contribution >= 4 is 0 Å². The molecule has 1 fully saturated rings. The number of hydrogen-bond acceptors (Lipinski definition) is 2. The molecule has 1 aliphatic rings. The van der Waals surface area contributed by atoms with Gasteiger partial charge in [-0.05, 0) is 49.5 Å². The van der Waals surface area contributed by atoms with Crippen molar-refractivity contribution in [2.75, 3.05) is 6.54 Å². The first kappa shape index (κ1) is 12.0. The summed E-state index contributed by atoms with van der Waals surface area (Å²) in [6.07, 6.45) is 5.18. The molecule has 1 aliphatic carbocycles. The highest BCUT2D eigenvalue weighted by molar-refractivity contribution is 4.89. The summed E-state index contributed by atoms with van der Waals surface area (Å²) in [6, 6.07) is 0. The molecule has 2 nitrogen and oxygen atoms in total. The normalized spacial score (nSPS) is 34.5. The second kappa shape index (κ2) is 4.19. The molecule has 0 atom stereocenters. The Hall–Kier alpha value is -0.0800. The van der Waals surface area contributed by atoms with Gasteiger partial charge in [-0.15, -0.1) is 0 Å². The lowest BCUT2D eigenvalue weighted by molar-refractivity contribution is 0.0422. The SMILES string of the molecule is CC(C)(C)CC1(CN)CCC(O)CC1. The first-order valence-electron chi connectivity index (χ1n) is 5.75. The Kier molecular flexibility index (Phi) is 3.59. The molecule has 0 amide bonds. The Labute approximate surface area is 87.9 Å². The highest BCUT2D eigenvalue weighted by Crippen LogP contribution is 2.43. The topological polar surface area (TPSA) is 46.2 Å². The average molecular weight is 199 g/mol. The third-order valence-electron chi connectivity index (χ3n) is 3.35. The van der Waals surface area contributed by atoms with Crippen molar-refractivity contribution in [3.63, 3.8) is 0 Å². The van der Waals surface area contributed by atoms with Crippen LogP contribution in [0, 0.1) is 10.8 Å². The van der Waals surface area contributed by atoms with Crippen LogP contribution in [0.2, 0.25) is 0 Å². The van der Waals surface area contributed by atoms with E-state index in [1.54, 1.807) is 0 Å². The van der Waals surface area contributed by atoms with Crippen molar-refractivity contribution < 1.29 is 5.11 Å². The lowest BCUT2D eigenvalue weighted by atomic mass is 9.65. The summed E-state index contributed by atoms with van der Waals surface area (Å²) in [6.45, 7) is 7.59. The third kappa shape index (κ3) is 3.25. The van der Waals surface area contributed by atoms with Crippen molar-refractivity contribution in [3.8, 4) is 0 Å². The van der Waals surface area contributed by atoms with Crippen LogP contribution in [0.5, 0.6) is 0 Å². The summed E-state index contributed by atoms with van der Waals surface area (Å²) >= 11 is 0. The fourth-order valence-electron chi connectivity index (χ4n) is 2.79. The van der Waals surface area contributed by atoms with Crippen molar-refractivity contribution in [2.24, 2.45) is 16.6 Å². The fraction of sp³-hybridized carbons (Fsp3) is 1.00. The van der Waals surface area contributed by atoms with E-state index in [0.717, 1.165) is 32.2 Å². The molecule has 0 aromatic rings. The van der Waals surface area contributed by atoms with Crippen molar-refractivity contribution in [1.82, 2.24) is 0 Å². The predicted molar refractivity (Wildman–Crippen MR) is 60.0 cm³/mol. The van der Waals surface area contributed by atoms with E-state index >= 15 is 0 Å². The zero-order chi connectivity index (χ0) is 10.8. The molecule has 0 spiro atoms. The standard InChI is InChI=1S/C12H25NO/c1-11(2,3)8-12(9-13)6-4-10(14)5-7-12/h10,14H,4-9,13H2,1-3H3. The van der Waals surface area contributed by atoms with Gasteiger partial charge in [-0.1, -0.05) is 20.8 Å². The molecule has 0 radical (unpaired) electrons. The Morgan fingerprint density at radius 1 is 1.29 bits per heavy atom. The van der Waals surface area contributed by atoms with Crippen LogP contribution in [0.3, 0.4) is 0 Å². The van der Waals surface area contributed by atoms with Gasteiger partial charge in [0, 0.05) is 0 Å². The lowest BCUT2D eigenvalue weighted by Gasteiger charge is -2.42. The maximum absolute atomic E-state index is 9.49. The first-order valence-corrected chi connectivity index (χ1v) is 5.75. The van der Waals surface area contributed by atoms with E-state index in [9.17, 15) is 5.11 Å². The van der Waals surface area contributed by atoms with E-state index < -0.39 is 0 Å². The molecular weight excluding hydrogens is 174 g/mol. The Morgan fingerprint density at radius 2 is 1.79 bits per heavy atom. The molecule has 0 aromatic carbocycles. The van der Waals surface area contributed by atoms with E-state index in [1.165, 1.54) is 6.42 Å². The van der Waals surface area contributed by atoms with Crippen LogP contribution in [0.25, 0.3) is 0 Å². The van der Waals surface area contributed by atoms with Crippen LogP contribution in [0.1, 0.15) is 52.9 Å². The maximum Gasteiger partial charge on any atom is 0.0540 e. The molecule has 0 aromatic heterocycles. The van der Waals surface area contributed by atoms with Crippen molar-refractivity contribution in [1.29, 1.82) is 0 Å². The van der Waals surface area contributed by atoms with Gasteiger partial charge in [0.15, 0.2) is 0 Å². The van der Waals surface area contributed by atoms with Crippen molar-refractivity contribution in [2.45, 2.75) is 59.0 Å². The summed E-state index contributed by atoms with van der Waals surface area (Å²) < 4.78 is 0. The monoisotopic (exact) mass is 199 g/mol. The second-order valence-electron chi connectivity index (χ2n) is 6.17. The highest BCUT2D eigenvalue weighted by atomic mass is 16.3. The third-order valence-corrected chi connectivity index (χ3v) is 3.35. The van der Waals surface area contributed by atoms with Gasteiger partial charge in [-0.2, -0.15) is 0 Å². The number of rotatable bonds is 2.